The van der Waals surface area contributed by atoms with Gasteiger partial charge in [0.2, 0.25) is 5.91 Å². The molecule has 0 heterocycles. The molecule has 1 amide bonds. The number of amides is 1. The van der Waals surface area contributed by atoms with Gasteiger partial charge in [0, 0.05) is 26.8 Å². The maximum Gasteiger partial charge on any atom is 0.302 e. The van der Waals surface area contributed by atoms with Crippen molar-refractivity contribution in [2.75, 3.05) is 6.54 Å². The summed E-state index contributed by atoms with van der Waals surface area (Å²) in [7, 11) is 0. The van der Waals surface area contributed by atoms with Gasteiger partial charge in [-0.3, -0.25) is 14.4 Å². The van der Waals surface area contributed by atoms with Crippen LogP contribution >= 0.6 is 0 Å². The van der Waals surface area contributed by atoms with Crippen LogP contribution in [0.25, 0.3) is 0 Å². The number of fused-ring (bicyclic) bond motifs is 7. The van der Waals surface area contributed by atoms with Crippen molar-refractivity contribution in [3.8, 4) is 0 Å². The molecule has 6 heteroatoms. The van der Waals surface area contributed by atoms with Crippen LogP contribution < -0.4 is 5.32 Å². The van der Waals surface area contributed by atoms with Crippen LogP contribution in [0.5, 0.6) is 0 Å². The summed E-state index contributed by atoms with van der Waals surface area (Å²) >= 11 is 0. The number of allylic oxidation sites excluding steroid dienone is 2. The van der Waals surface area contributed by atoms with Gasteiger partial charge in [0.15, 0.2) is 5.78 Å². The van der Waals surface area contributed by atoms with E-state index in [1.54, 1.807) is 0 Å². The number of esters is 1. The Hall–Kier alpha value is -1.95. The smallest absolute Gasteiger partial charge is 0.302 e. The molecule has 0 aromatic rings. The van der Waals surface area contributed by atoms with Gasteiger partial charge in [-0.25, -0.2) is 0 Å². The zero-order chi connectivity index (χ0) is 26.9. The molecule has 0 spiro atoms. The van der Waals surface area contributed by atoms with Crippen molar-refractivity contribution in [3.05, 3.63) is 22.8 Å². The van der Waals surface area contributed by atoms with E-state index in [0.29, 0.717) is 37.1 Å². The highest BCUT2D eigenvalue weighted by atomic mass is 16.5. The van der Waals surface area contributed by atoms with E-state index in [0.717, 1.165) is 49.7 Å². The van der Waals surface area contributed by atoms with Gasteiger partial charge >= 0.3 is 5.97 Å². The highest BCUT2D eigenvalue weighted by Crippen LogP contribution is 2.71. The van der Waals surface area contributed by atoms with Gasteiger partial charge in [-0.2, -0.15) is 0 Å². The van der Waals surface area contributed by atoms with Gasteiger partial charge in [0.25, 0.3) is 0 Å². The van der Waals surface area contributed by atoms with E-state index in [1.807, 2.05) is 6.92 Å². The molecule has 0 saturated heterocycles. The second kappa shape index (κ2) is 9.07. The predicted molar refractivity (Wildman–Crippen MR) is 141 cm³/mol. The van der Waals surface area contributed by atoms with Gasteiger partial charge in [-0.1, -0.05) is 32.4 Å². The summed E-state index contributed by atoms with van der Waals surface area (Å²) in [6.07, 6.45) is 9.58. The first-order valence-electron chi connectivity index (χ1n) is 14.4. The molecule has 3 saturated carbocycles. The van der Waals surface area contributed by atoms with Gasteiger partial charge in [0.05, 0.1) is 11.5 Å². The second-order valence-corrected chi connectivity index (χ2v) is 13.5. The fourth-order valence-corrected chi connectivity index (χ4v) is 9.68. The Morgan fingerprint density at radius 3 is 2.54 bits per heavy atom. The molecule has 0 aromatic carbocycles. The minimum atomic E-state index is -1.07. The first-order chi connectivity index (χ1) is 17.3. The standard InChI is InChI=1S/C31H45NO5/c1-17(16-32-19(3)33)13-25-27(35)18(2)28-30(6)12-10-24-23(26(30)15-31(25,28)36)8-7-21-14-22(37-20(4)34)9-11-29(21,24)5/h7,17,22-26,36H,8-16H2,1-6H3,(H,32,33)/t17?,22?,23?,24?,25?,26?,29-,30-,31?/m0/s1. The summed E-state index contributed by atoms with van der Waals surface area (Å²) in [5, 5.41) is 15.2. The molecule has 37 heavy (non-hydrogen) atoms. The van der Waals surface area contributed by atoms with Gasteiger partial charge in [-0.15, -0.1) is 0 Å². The summed E-state index contributed by atoms with van der Waals surface area (Å²) in [5.74, 6) is 0.935. The third kappa shape index (κ3) is 4.04. The number of ether oxygens (including phenoxy) is 1. The van der Waals surface area contributed by atoms with Crippen molar-refractivity contribution in [1.82, 2.24) is 5.32 Å². The molecule has 6 nitrogen and oxygen atoms in total. The number of nitrogens with one attached hydrogen (secondary N) is 1. The Labute approximate surface area is 221 Å². The van der Waals surface area contributed by atoms with Crippen molar-refractivity contribution in [2.45, 2.75) is 105 Å². The van der Waals surface area contributed by atoms with Crippen molar-refractivity contribution < 1.29 is 24.2 Å². The predicted octanol–water partition coefficient (Wildman–Crippen LogP) is 4.90. The molecule has 5 aliphatic rings. The quantitative estimate of drug-likeness (QED) is 0.405. The van der Waals surface area contributed by atoms with E-state index in [2.05, 4.69) is 32.2 Å². The maximum atomic E-state index is 13.5. The largest absolute Gasteiger partial charge is 0.462 e. The lowest BCUT2D eigenvalue weighted by Gasteiger charge is -2.57. The molecule has 3 fully saturated rings. The van der Waals surface area contributed by atoms with E-state index < -0.39 is 11.5 Å². The zero-order valence-electron chi connectivity index (χ0n) is 23.5. The van der Waals surface area contributed by atoms with E-state index in [4.69, 9.17) is 4.74 Å². The average molecular weight is 512 g/mol. The lowest BCUT2D eigenvalue weighted by molar-refractivity contribution is -0.148. The molecule has 0 radical (unpaired) electrons. The van der Waals surface area contributed by atoms with Crippen molar-refractivity contribution in [2.24, 2.45) is 40.4 Å². The highest BCUT2D eigenvalue weighted by molar-refractivity contribution is 6.02. The number of aliphatic hydroxyl groups is 1. The van der Waals surface area contributed by atoms with Gasteiger partial charge in [0.1, 0.15) is 6.10 Å². The van der Waals surface area contributed by atoms with Gasteiger partial charge < -0.3 is 15.2 Å². The lowest BCUT2D eigenvalue weighted by atomic mass is 9.47. The van der Waals surface area contributed by atoms with E-state index in [1.165, 1.54) is 19.4 Å². The molecule has 0 aromatic heterocycles. The van der Waals surface area contributed by atoms with Crippen LogP contribution in [0.4, 0.5) is 0 Å². The zero-order valence-corrected chi connectivity index (χ0v) is 23.5. The molecule has 5 aliphatic carbocycles. The van der Waals surface area contributed by atoms with Crippen LogP contribution in [0, 0.1) is 40.4 Å². The Bertz CT molecular complexity index is 1080. The molecule has 2 N–H and O–H groups in total. The van der Waals surface area contributed by atoms with E-state index in [-0.39, 0.29) is 40.5 Å². The Balaban J connectivity index is 1.42. The number of carbonyl (C=O) groups is 3. The fraction of sp³-hybridized carbons (Fsp3) is 0.774. The SMILES string of the molecule is CC(=O)NCC(C)CC1C(=O)C(C)=C2C1(O)CC1C3CC=C4CC(OC(C)=O)CC[C@]4(C)C3CC[C@]21C. The average Bonchev–Trinajstić information content (AvgIpc) is 3.17. The van der Waals surface area contributed by atoms with Crippen LogP contribution in [0.15, 0.2) is 22.8 Å². The number of Topliss-reactive ketones (excluding diaryl/α,β-unsaturated/α-hetero) is 1. The summed E-state index contributed by atoms with van der Waals surface area (Å²) < 4.78 is 5.59. The third-order valence-electron chi connectivity index (χ3n) is 11.3. The van der Waals surface area contributed by atoms with Crippen molar-refractivity contribution in [1.29, 1.82) is 0 Å². The number of carbonyl (C=O) groups excluding carboxylic acids is 3. The number of ketones is 1. The first-order valence-corrected chi connectivity index (χ1v) is 14.4. The summed E-state index contributed by atoms with van der Waals surface area (Å²) in [5.41, 5.74) is 2.18. The molecule has 0 aliphatic heterocycles. The maximum absolute atomic E-state index is 13.5. The topological polar surface area (TPSA) is 92.7 Å². The Morgan fingerprint density at radius 2 is 1.86 bits per heavy atom. The summed E-state index contributed by atoms with van der Waals surface area (Å²) in [4.78, 5) is 36.5. The molecule has 5 rings (SSSR count). The normalized spacial score (nSPS) is 43.3. The van der Waals surface area contributed by atoms with Crippen LogP contribution in [0.1, 0.15) is 92.9 Å². The van der Waals surface area contributed by atoms with Crippen LogP contribution in [-0.2, 0) is 19.1 Å². The molecule has 0 bridgehead atoms. The minimum absolute atomic E-state index is 0.00663. The number of hydrogen-bond acceptors (Lipinski definition) is 5. The lowest BCUT2D eigenvalue weighted by Crippen LogP contribution is -2.49. The Kier molecular flexibility index (Phi) is 6.53. The first kappa shape index (κ1) is 26.6. The third-order valence-corrected chi connectivity index (χ3v) is 11.3. The monoisotopic (exact) mass is 511 g/mol. The van der Waals surface area contributed by atoms with E-state index in [9.17, 15) is 19.5 Å². The van der Waals surface area contributed by atoms with E-state index >= 15 is 0 Å². The fourth-order valence-electron chi connectivity index (χ4n) is 9.68. The molecular formula is C31H45NO5. The van der Waals surface area contributed by atoms with Crippen LogP contribution in [0.2, 0.25) is 0 Å². The summed E-state index contributed by atoms with van der Waals surface area (Å²) in [6, 6.07) is 0. The Morgan fingerprint density at radius 1 is 1.16 bits per heavy atom. The summed E-state index contributed by atoms with van der Waals surface area (Å²) in [6.45, 7) is 12.3. The number of rotatable bonds is 5. The second-order valence-electron chi connectivity index (χ2n) is 13.5. The van der Waals surface area contributed by atoms with Crippen molar-refractivity contribution >= 4 is 17.7 Å². The molecular weight excluding hydrogens is 466 g/mol. The molecule has 9 atom stereocenters. The minimum Gasteiger partial charge on any atom is -0.462 e. The van der Waals surface area contributed by atoms with Crippen LogP contribution in [-0.4, -0.2) is 41.0 Å². The van der Waals surface area contributed by atoms with Crippen molar-refractivity contribution in [3.63, 3.8) is 0 Å². The molecule has 204 valence electrons. The highest BCUT2D eigenvalue weighted by Gasteiger charge is 2.68. The van der Waals surface area contributed by atoms with Gasteiger partial charge in [-0.05, 0) is 97.5 Å². The number of hydrogen-bond donors (Lipinski definition) is 2. The van der Waals surface area contributed by atoms with Crippen LogP contribution in [0.3, 0.4) is 0 Å². The molecule has 7 unspecified atom stereocenters.